The summed E-state index contributed by atoms with van der Waals surface area (Å²) in [7, 11) is 0. The Morgan fingerprint density at radius 1 is 1.23 bits per heavy atom. The molecule has 0 rings (SSSR count). The molecule has 0 radical (unpaired) electrons. The third-order valence-corrected chi connectivity index (χ3v) is 2.25. The van der Waals surface area contributed by atoms with Crippen molar-refractivity contribution in [2.45, 2.75) is 38.9 Å². The van der Waals surface area contributed by atoms with E-state index in [-0.39, 0.29) is 6.73 Å². The van der Waals surface area contributed by atoms with Crippen LogP contribution in [0.25, 0.3) is 0 Å². The number of amides is 1. The van der Waals surface area contributed by atoms with Gasteiger partial charge >= 0.3 is 6.09 Å². The third kappa shape index (κ3) is 3.20. The number of hydrogen-bond donors (Lipinski definition) is 2. The molecule has 0 aliphatic heterocycles. The molecule has 0 heterocycles. The molecule has 0 aromatic carbocycles. The molecule has 0 fully saturated rings. The fraction of sp³-hybridized carbons (Fsp3) is 0.875. The Morgan fingerprint density at radius 3 is 2.00 bits per heavy atom. The summed E-state index contributed by atoms with van der Waals surface area (Å²) in [6.07, 6.45) is -0.821. The summed E-state index contributed by atoms with van der Waals surface area (Å²) < 4.78 is 10.2. The van der Waals surface area contributed by atoms with Crippen LogP contribution >= 0.6 is 0 Å². The van der Waals surface area contributed by atoms with E-state index in [9.17, 15) is 4.79 Å². The largest absolute Gasteiger partial charge is 0.441 e. The first kappa shape index (κ1) is 12.2. The summed E-state index contributed by atoms with van der Waals surface area (Å²) in [5.41, 5.74) is 8.69. The van der Waals surface area contributed by atoms with Gasteiger partial charge < -0.3 is 20.9 Å². The molecule has 0 saturated carbocycles. The minimum absolute atomic E-state index is 0.0680. The zero-order chi connectivity index (χ0) is 10.7. The number of hydrogen-bond acceptors (Lipinski definition) is 4. The lowest BCUT2D eigenvalue weighted by atomic mass is 9.89. The zero-order valence-corrected chi connectivity index (χ0v) is 8.59. The van der Waals surface area contributed by atoms with Crippen molar-refractivity contribution in [1.29, 1.82) is 0 Å². The highest BCUT2D eigenvalue weighted by Gasteiger charge is 2.41. The fourth-order valence-corrected chi connectivity index (χ4v) is 0.757. The summed E-state index contributed by atoms with van der Waals surface area (Å²) in [5, 5.41) is 0. The lowest BCUT2D eigenvalue weighted by Gasteiger charge is -2.39. The average Bonchev–Trinajstić information content (AvgIpc) is 1.82. The van der Waals surface area contributed by atoms with Crippen molar-refractivity contribution in [3.05, 3.63) is 0 Å². The topological polar surface area (TPSA) is 87.6 Å². The number of primary amides is 1. The van der Waals surface area contributed by atoms with Gasteiger partial charge in [-0.1, -0.05) is 0 Å². The van der Waals surface area contributed by atoms with Gasteiger partial charge in [0.1, 0.15) is 11.2 Å². The predicted octanol–water partition coefficient (Wildman–Crippen LogP) is 0.572. The van der Waals surface area contributed by atoms with Crippen molar-refractivity contribution in [3.8, 4) is 0 Å². The lowest BCUT2D eigenvalue weighted by Crippen LogP contribution is -2.52. The highest BCUT2D eigenvalue weighted by molar-refractivity contribution is 5.65. The maximum absolute atomic E-state index is 10.6. The van der Waals surface area contributed by atoms with Crippen LogP contribution in [0.5, 0.6) is 0 Å². The van der Waals surface area contributed by atoms with Crippen LogP contribution in [-0.2, 0) is 9.47 Å². The molecule has 0 aliphatic rings. The smallest absolute Gasteiger partial charge is 0.405 e. The molecular weight excluding hydrogens is 172 g/mol. The maximum Gasteiger partial charge on any atom is 0.405 e. The minimum atomic E-state index is -0.821. The normalized spacial score (nSPS) is 12.7. The highest BCUT2D eigenvalue weighted by Crippen LogP contribution is 2.28. The molecule has 0 aromatic rings. The molecule has 4 N–H and O–H groups in total. The summed E-state index contributed by atoms with van der Waals surface area (Å²) in [6.45, 7) is 7.06. The Labute approximate surface area is 78.4 Å². The Balaban J connectivity index is 4.49. The van der Waals surface area contributed by atoms with Crippen molar-refractivity contribution in [2.24, 2.45) is 11.5 Å². The molecule has 5 heteroatoms. The molecule has 0 bridgehead atoms. The maximum atomic E-state index is 10.6. The van der Waals surface area contributed by atoms with Gasteiger partial charge in [0.2, 0.25) is 0 Å². The van der Waals surface area contributed by atoms with Crippen molar-refractivity contribution >= 4 is 6.09 Å². The molecule has 13 heavy (non-hydrogen) atoms. The van der Waals surface area contributed by atoms with Crippen molar-refractivity contribution in [1.82, 2.24) is 0 Å². The highest BCUT2D eigenvalue weighted by atomic mass is 16.6. The van der Waals surface area contributed by atoms with Gasteiger partial charge in [-0.15, -0.1) is 0 Å². The van der Waals surface area contributed by atoms with Crippen molar-refractivity contribution < 1.29 is 14.3 Å². The van der Waals surface area contributed by atoms with Crippen LogP contribution < -0.4 is 11.5 Å². The molecule has 1 amide bonds. The van der Waals surface area contributed by atoms with Crippen molar-refractivity contribution in [2.75, 3.05) is 6.73 Å². The van der Waals surface area contributed by atoms with E-state index in [1.807, 2.05) is 0 Å². The SMILES string of the molecule is CC(C)(OCN)C(C)(C)OC(N)=O. The Bertz CT molecular complexity index is 190. The first-order valence-corrected chi connectivity index (χ1v) is 4.05. The molecule has 0 unspecified atom stereocenters. The van der Waals surface area contributed by atoms with E-state index in [1.165, 1.54) is 0 Å². The van der Waals surface area contributed by atoms with Crippen LogP contribution in [0.15, 0.2) is 0 Å². The van der Waals surface area contributed by atoms with E-state index >= 15 is 0 Å². The molecule has 0 aromatic heterocycles. The van der Waals surface area contributed by atoms with Crippen LogP contribution in [0.2, 0.25) is 0 Å². The summed E-state index contributed by atoms with van der Waals surface area (Å²) in [4.78, 5) is 10.6. The number of carbonyl (C=O) groups is 1. The number of ether oxygens (including phenoxy) is 2. The molecule has 78 valence electrons. The van der Waals surface area contributed by atoms with Gasteiger partial charge in [-0.3, -0.25) is 0 Å². The van der Waals surface area contributed by atoms with Gasteiger partial charge in [-0.2, -0.15) is 0 Å². The van der Waals surface area contributed by atoms with E-state index in [2.05, 4.69) is 0 Å². The van der Waals surface area contributed by atoms with Gasteiger partial charge in [0.25, 0.3) is 0 Å². The standard InChI is InChI=1S/C8H18N2O3/c1-7(2,12-5-9)8(3,4)13-6(10)11/h5,9H2,1-4H3,(H2,10,11). The van der Waals surface area contributed by atoms with Gasteiger partial charge in [0.05, 0.1) is 6.73 Å². The van der Waals surface area contributed by atoms with E-state index < -0.39 is 17.3 Å². The summed E-state index contributed by atoms with van der Waals surface area (Å²) in [5.74, 6) is 0. The van der Waals surface area contributed by atoms with Crippen LogP contribution in [0.4, 0.5) is 4.79 Å². The van der Waals surface area contributed by atoms with E-state index in [1.54, 1.807) is 27.7 Å². The first-order chi connectivity index (χ1) is 5.73. The zero-order valence-electron chi connectivity index (χ0n) is 8.59. The van der Waals surface area contributed by atoms with Crippen molar-refractivity contribution in [3.63, 3.8) is 0 Å². The molecule has 0 saturated heterocycles. The number of carbonyl (C=O) groups excluding carboxylic acids is 1. The van der Waals surface area contributed by atoms with Crippen LogP contribution in [0, 0.1) is 0 Å². The van der Waals surface area contributed by atoms with E-state index in [0.717, 1.165) is 0 Å². The summed E-state index contributed by atoms with van der Waals surface area (Å²) >= 11 is 0. The second kappa shape index (κ2) is 3.93. The van der Waals surface area contributed by atoms with Gasteiger partial charge in [0, 0.05) is 0 Å². The fourth-order valence-electron chi connectivity index (χ4n) is 0.757. The van der Waals surface area contributed by atoms with E-state index in [4.69, 9.17) is 20.9 Å². The Morgan fingerprint density at radius 2 is 1.69 bits per heavy atom. The van der Waals surface area contributed by atoms with Crippen LogP contribution in [0.3, 0.4) is 0 Å². The minimum Gasteiger partial charge on any atom is -0.441 e. The van der Waals surface area contributed by atoms with Gasteiger partial charge in [-0.05, 0) is 27.7 Å². The lowest BCUT2D eigenvalue weighted by molar-refractivity contribution is -0.146. The number of nitrogens with two attached hydrogens (primary N) is 2. The Kier molecular flexibility index (Phi) is 3.69. The second-order valence-electron chi connectivity index (χ2n) is 3.75. The van der Waals surface area contributed by atoms with Crippen LogP contribution in [0.1, 0.15) is 27.7 Å². The van der Waals surface area contributed by atoms with Crippen LogP contribution in [-0.4, -0.2) is 24.0 Å². The molecule has 0 aliphatic carbocycles. The predicted molar refractivity (Wildman–Crippen MR) is 49.0 cm³/mol. The summed E-state index contributed by atoms with van der Waals surface area (Å²) in [6, 6.07) is 0. The third-order valence-electron chi connectivity index (χ3n) is 2.25. The average molecular weight is 190 g/mol. The van der Waals surface area contributed by atoms with Gasteiger partial charge in [0.15, 0.2) is 0 Å². The Hall–Kier alpha value is -0.810. The number of rotatable bonds is 4. The van der Waals surface area contributed by atoms with E-state index in [0.29, 0.717) is 0 Å². The van der Waals surface area contributed by atoms with Gasteiger partial charge in [-0.25, -0.2) is 4.79 Å². The second-order valence-corrected chi connectivity index (χ2v) is 3.75. The molecular formula is C8H18N2O3. The first-order valence-electron chi connectivity index (χ1n) is 4.05. The molecule has 0 spiro atoms. The monoisotopic (exact) mass is 190 g/mol. The molecule has 5 nitrogen and oxygen atoms in total. The quantitative estimate of drug-likeness (QED) is 0.634. The molecule has 0 atom stereocenters.